The van der Waals surface area contributed by atoms with Crippen LogP contribution in [-0.2, 0) is 25.7 Å². The fourth-order valence-electron chi connectivity index (χ4n) is 8.61. The van der Waals surface area contributed by atoms with Gasteiger partial charge in [0.1, 0.15) is 11.6 Å². The SMILES string of the molecule is CC[C@H](C)[C@H](CO)N1C(=O)[C@@H]2[C@H]3C(=O)N(Cc4ccccc4)CC=C[C@@]3(CC)O[C@@]23C=CCN(C2CCCCC2)C(=O)C13. The lowest BCUT2D eigenvalue weighted by atomic mass is 9.73. The molecule has 4 heterocycles. The number of carbonyl (C=O) groups is 3. The zero-order chi connectivity index (χ0) is 30.4. The van der Waals surface area contributed by atoms with Crippen molar-refractivity contribution >= 4 is 17.7 Å². The summed E-state index contributed by atoms with van der Waals surface area (Å²) in [6.45, 7) is 7.11. The molecule has 1 aliphatic carbocycles. The summed E-state index contributed by atoms with van der Waals surface area (Å²) in [6, 6.07) is 8.52. The Hall–Kier alpha value is -2.97. The van der Waals surface area contributed by atoms with Gasteiger partial charge in [-0.15, -0.1) is 0 Å². The zero-order valence-electron chi connectivity index (χ0n) is 25.9. The topological polar surface area (TPSA) is 90.4 Å². The van der Waals surface area contributed by atoms with Crippen LogP contribution in [0.15, 0.2) is 54.6 Å². The Morgan fingerprint density at radius 1 is 0.930 bits per heavy atom. The van der Waals surface area contributed by atoms with Crippen LogP contribution in [-0.4, -0.2) is 86.6 Å². The van der Waals surface area contributed by atoms with E-state index in [1.807, 2.05) is 85.2 Å². The second kappa shape index (κ2) is 11.8. The Balaban J connectivity index is 1.47. The molecule has 8 heteroatoms. The molecule has 4 aliphatic heterocycles. The molecule has 5 aliphatic rings. The van der Waals surface area contributed by atoms with Gasteiger partial charge in [0.05, 0.1) is 30.1 Å². The van der Waals surface area contributed by atoms with E-state index < -0.39 is 35.1 Å². The smallest absolute Gasteiger partial charge is 0.249 e. The third-order valence-electron chi connectivity index (χ3n) is 11.1. The van der Waals surface area contributed by atoms with Crippen LogP contribution in [0.1, 0.15) is 71.3 Å². The molecule has 0 aromatic heterocycles. The fourth-order valence-corrected chi connectivity index (χ4v) is 8.61. The molecule has 1 spiro atoms. The first kappa shape index (κ1) is 30.1. The zero-order valence-corrected chi connectivity index (χ0v) is 25.9. The van der Waals surface area contributed by atoms with E-state index in [4.69, 9.17) is 4.74 Å². The second-order valence-electron chi connectivity index (χ2n) is 13.3. The van der Waals surface area contributed by atoms with Crippen molar-refractivity contribution < 1.29 is 24.2 Å². The molecule has 1 saturated carbocycles. The number of hydrogen-bond donors (Lipinski definition) is 1. The monoisotopic (exact) mass is 589 g/mol. The maximum Gasteiger partial charge on any atom is 0.249 e. The number of carbonyl (C=O) groups excluding carboxylic acids is 3. The minimum atomic E-state index is -1.30. The lowest BCUT2D eigenvalue weighted by Gasteiger charge is -2.43. The molecule has 43 heavy (non-hydrogen) atoms. The van der Waals surface area contributed by atoms with Gasteiger partial charge < -0.3 is 24.5 Å². The highest BCUT2D eigenvalue weighted by atomic mass is 16.5. The molecule has 6 rings (SSSR count). The standard InChI is InChI=1S/C35H47N3O5/c1-4-24(3)27(23-39)38-30-33(42)37(26-16-10-7-11-17-26)21-13-19-35(30)29(32(38)41)28-31(40)36(22-25-14-8-6-9-15-25)20-12-18-34(28,5-2)43-35/h6,8-9,12-15,18-19,24,26-30,39H,4-5,7,10-11,16-17,20-23H2,1-3H3/t24-,27-,28-,29-,30?,34+,35-/m0/s1. The summed E-state index contributed by atoms with van der Waals surface area (Å²) in [6.07, 6.45) is 14.4. The Morgan fingerprint density at radius 3 is 2.33 bits per heavy atom. The fraction of sp³-hybridized carbons (Fsp3) is 0.629. The molecule has 8 nitrogen and oxygen atoms in total. The molecule has 0 bridgehead atoms. The highest BCUT2D eigenvalue weighted by Gasteiger charge is 2.76. The molecule has 0 radical (unpaired) electrons. The Bertz CT molecular complexity index is 1280. The average molecular weight is 590 g/mol. The van der Waals surface area contributed by atoms with Crippen LogP contribution in [0, 0.1) is 17.8 Å². The minimum Gasteiger partial charge on any atom is -0.394 e. The van der Waals surface area contributed by atoms with Gasteiger partial charge in [-0.1, -0.05) is 101 Å². The maximum atomic E-state index is 14.9. The first-order valence-electron chi connectivity index (χ1n) is 16.4. The van der Waals surface area contributed by atoms with Crippen molar-refractivity contribution in [2.75, 3.05) is 19.7 Å². The van der Waals surface area contributed by atoms with Crippen LogP contribution in [0.25, 0.3) is 0 Å². The lowest BCUT2D eigenvalue weighted by molar-refractivity contribution is -0.160. The predicted octanol–water partition coefficient (Wildman–Crippen LogP) is 4.08. The van der Waals surface area contributed by atoms with Crippen molar-refractivity contribution in [3.05, 3.63) is 60.2 Å². The molecule has 1 unspecified atom stereocenters. The van der Waals surface area contributed by atoms with E-state index in [1.165, 1.54) is 6.42 Å². The number of likely N-dealkylation sites (tertiary alicyclic amines) is 1. The molecule has 3 amide bonds. The first-order chi connectivity index (χ1) is 20.8. The Kier molecular flexibility index (Phi) is 8.28. The number of rotatable bonds is 8. The molecule has 1 N–H and O–H groups in total. The van der Waals surface area contributed by atoms with Crippen LogP contribution in [0.3, 0.4) is 0 Å². The normalized spacial score (nSPS) is 34.1. The van der Waals surface area contributed by atoms with Crippen LogP contribution in [0.2, 0.25) is 0 Å². The van der Waals surface area contributed by atoms with E-state index in [0.29, 0.717) is 26.1 Å². The van der Waals surface area contributed by atoms with Gasteiger partial charge in [-0.2, -0.15) is 0 Å². The summed E-state index contributed by atoms with van der Waals surface area (Å²) in [5.41, 5.74) is -1.29. The average Bonchev–Trinajstić information content (AvgIpc) is 3.33. The summed E-state index contributed by atoms with van der Waals surface area (Å²) in [5, 5.41) is 10.7. The van der Waals surface area contributed by atoms with Crippen molar-refractivity contribution in [2.45, 2.75) is 102 Å². The van der Waals surface area contributed by atoms with Crippen molar-refractivity contribution in [1.82, 2.24) is 14.7 Å². The quantitative estimate of drug-likeness (QED) is 0.462. The van der Waals surface area contributed by atoms with Gasteiger partial charge in [0, 0.05) is 25.7 Å². The number of amides is 3. The minimum absolute atomic E-state index is 0.0387. The number of nitrogens with zero attached hydrogens (tertiary/aromatic N) is 3. The third kappa shape index (κ3) is 4.76. The van der Waals surface area contributed by atoms with E-state index in [9.17, 15) is 19.5 Å². The summed E-state index contributed by atoms with van der Waals surface area (Å²) in [4.78, 5) is 49.8. The van der Waals surface area contributed by atoms with Gasteiger partial charge in [-0.25, -0.2) is 0 Å². The van der Waals surface area contributed by atoms with Crippen molar-refractivity contribution in [3.8, 4) is 0 Å². The number of benzene rings is 1. The van der Waals surface area contributed by atoms with E-state index in [1.54, 1.807) is 4.90 Å². The van der Waals surface area contributed by atoms with Crippen LogP contribution in [0.4, 0.5) is 0 Å². The highest BCUT2D eigenvalue weighted by molar-refractivity contribution is 6.00. The molecule has 3 fully saturated rings. The summed E-state index contributed by atoms with van der Waals surface area (Å²) in [7, 11) is 0. The molecule has 2 saturated heterocycles. The van der Waals surface area contributed by atoms with Crippen molar-refractivity contribution in [1.29, 1.82) is 0 Å². The van der Waals surface area contributed by atoms with Gasteiger partial charge in [-0.05, 0) is 30.7 Å². The number of ether oxygens (including phenoxy) is 1. The third-order valence-corrected chi connectivity index (χ3v) is 11.1. The largest absolute Gasteiger partial charge is 0.394 e. The molecule has 232 valence electrons. The first-order valence-corrected chi connectivity index (χ1v) is 16.4. The van der Waals surface area contributed by atoms with E-state index >= 15 is 0 Å². The highest BCUT2D eigenvalue weighted by Crippen LogP contribution is 2.59. The second-order valence-corrected chi connectivity index (χ2v) is 13.3. The molecule has 1 aromatic carbocycles. The van der Waals surface area contributed by atoms with Crippen molar-refractivity contribution in [2.24, 2.45) is 17.8 Å². The molecular formula is C35H47N3O5. The maximum absolute atomic E-state index is 14.9. The summed E-state index contributed by atoms with van der Waals surface area (Å²) < 4.78 is 7.15. The summed E-state index contributed by atoms with van der Waals surface area (Å²) in [5.74, 6) is -2.18. The molecule has 7 atom stereocenters. The van der Waals surface area contributed by atoms with Gasteiger partial charge in [-0.3, -0.25) is 14.4 Å². The van der Waals surface area contributed by atoms with Gasteiger partial charge in [0.15, 0.2) is 0 Å². The molecular weight excluding hydrogens is 542 g/mol. The van der Waals surface area contributed by atoms with Gasteiger partial charge in [0.2, 0.25) is 17.7 Å². The van der Waals surface area contributed by atoms with Gasteiger partial charge >= 0.3 is 0 Å². The lowest BCUT2D eigenvalue weighted by Crippen LogP contribution is -2.61. The number of aliphatic hydroxyl groups excluding tert-OH is 1. The number of fused-ring (bicyclic) bond motifs is 2. The van der Waals surface area contributed by atoms with E-state index in [2.05, 4.69) is 0 Å². The predicted molar refractivity (Wildman–Crippen MR) is 164 cm³/mol. The van der Waals surface area contributed by atoms with Gasteiger partial charge in [0.25, 0.3) is 0 Å². The van der Waals surface area contributed by atoms with Crippen LogP contribution < -0.4 is 0 Å². The number of aliphatic hydroxyl groups is 1. The Labute approximate surface area is 255 Å². The van der Waals surface area contributed by atoms with E-state index in [0.717, 1.165) is 37.7 Å². The summed E-state index contributed by atoms with van der Waals surface area (Å²) >= 11 is 0. The van der Waals surface area contributed by atoms with E-state index in [-0.39, 0.29) is 36.3 Å². The van der Waals surface area contributed by atoms with Crippen LogP contribution >= 0.6 is 0 Å². The Morgan fingerprint density at radius 2 is 1.65 bits per heavy atom. The van der Waals surface area contributed by atoms with Crippen LogP contribution in [0.5, 0.6) is 0 Å². The molecule has 1 aromatic rings. The number of hydrogen-bond acceptors (Lipinski definition) is 5. The van der Waals surface area contributed by atoms with Crippen molar-refractivity contribution in [3.63, 3.8) is 0 Å².